The summed E-state index contributed by atoms with van der Waals surface area (Å²) in [6.07, 6.45) is 3.69. The molecule has 0 radical (unpaired) electrons. The predicted molar refractivity (Wildman–Crippen MR) is 59.3 cm³/mol. The third-order valence-corrected chi connectivity index (χ3v) is 2.86. The van der Waals surface area contributed by atoms with Crippen LogP contribution in [0.5, 0.6) is 0 Å². The van der Waals surface area contributed by atoms with Crippen LogP contribution in [0.3, 0.4) is 0 Å². The van der Waals surface area contributed by atoms with Crippen LogP contribution in [0.4, 0.5) is 4.39 Å². The monoisotopic (exact) mass is 255 g/mol. The minimum Gasteiger partial charge on any atom is -0.327 e. The number of hydrogen-bond donors (Lipinski definition) is 1. The molecule has 0 amide bonds. The Labute approximate surface area is 90.9 Å². The molecule has 1 aromatic rings. The number of benzene rings is 1. The SMILES string of the molecule is NC1CC(=Cc2ccc(Br)cc2F)C1. The summed E-state index contributed by atoms with van der Waals surface area (Å²) >= 11 is 3.22. The number of nitrogens with two attached hydrogens (primary N) is 1. The normalized spacial score (nSPS) is 20.5. The van der Waals surface area contributed by atoms with E-state index >= 15 is 0 Å². The van der Waals surface area contributed by atoms with E-state index in [-0.39, 0.29) is 11.9 Å². The minimum atomic E-state index is -0.188. The summed E-state index contributed by atoms with van der Waals surface area (Å²) in [6, 6.07) is 5.37. The average Bonchev–Trinajstić information content (AvgIpc) is 2.06. The van der Waals surface area contributed by atoms with Crippen molar-refractivity contribution in [3.63, 3.8) is 0 Å². The Kier molecular flexibility index (Phi) is 2.70. The van der Waals surface area contributed by atoms with Crippen molar-refractivity contribution in [2.24, 2.45) is 5.73 Å². The molecule has 0 unspecified atom stereocenters. The van der Waals surface area contributed by atoms with Gasteiger partial charge in [0.1, 0.15) is 5.82 Å². The summed E-state index contributed by atoms with van der Waals surface area (Å²) in [4.78, 5) is 0. The first-order valence-electron chi connectivity index (χ1n) is 4.55. The second-order valence-electron chi connectivity index (χ2n) is 3.64. The molecule has 1 aromatic carbocycles. The molecule has 1 aliphatic rings. The van der Waals surface area contributed by atoms with E-state index in [1.54, 1.807) is 6.07 Å². The van der Waals surface area contributed by atoms with Crippen LogP contribution in [-0.2, 0) is 0 Å². The lowest BCUT2D eigenvalue weighted by Gasteiger charge is -2.25. The van der Waals surface area contributed by atoms with Gasteiger partial charge in [0.25, 0.3) is 0 Å². The molecule has 0 atom stereocenters. The molecule has 0 spiro atoms. The van der Waals surface area contributed by atoms with Gasteiger partial charge < -0.3 is 5.73 Å². The van der Waals surface area contributed by atoms with Crippen LogP contribution in [0.15, 0.2) is 28.2 Å². The van der Waals surface area contributed by atoms with Crippen LogP contribution >= 0.6 is 15.9 Å². The molecular weight excluding hydrogens is 245 g/mol. The summed E-state index contributed by atoms with van der Waals surface area (Å²) < 4.78 is 14.1. The Balaban J connectivity index is 2.21. The van der Waals surface area contributed by atoms with Gasteiger partial charge >= 0.3 is 0 Å². The van der Waals surface area contributed by atoms with E-state index < -0.39 is 0 Å². The van der Waals surface area contributed by atoms with Crippen LogP contribution in [0.2, 0.25) is 0 Å². The fourth-order valence-corrected chi connectivity index (χ4v) is 1.90. The largest absolute Gasteiger partial charge is 0.327 e. The van der Waals surface area contributed by atoms with Crippen molar-refractivity contribution in [3.8, 4) is 0 Å². The van der Waals surface area contributed by atoms with Crippen molar-refractivity contribution in [1.82, 2.24) is 0 Å². The Morgan fingerprint density at radius 3 is 2.71 bits per heavy atom. The molecule has 74 valence electrons. The van der Waals surface area contributed by atoms with Gasteiger partial charge in [-0.2, -0.15) is 0 Å². The second-order valence-corrected chi connectivity index (χ2v) is 4.55. The molecule has 1 saturated carbocycles. The van der Waals surface area contributed by atoms with Crippen molar-refractivity contribution in [1.29, 1.82) is 0 Å². The van der Waals surface area contributed by atoms with E-state index in [2.05, 4.69) is 15.9 Å². The molecule has 0 heterocycles. The first-order valence-corrected chi connectivity index (χ1v) is 5.34. The maximum atomic E-state index is 13.4. The standard InChI is InChI=1S/C11H11BrFN/c12-9-2-1-8(11(13)6-9)3-7-4-10(14)5-7/h1-3,6,10H,4-5,14H2. The Morgan fingerprint density at radius 1 is 1.43 bits per heavy atom. The number of rotatable bonds is 1. The van der Waals surface area contributed by atoms with Crippen molar-refractivity contribution < 1.29 is 4.39 Å². The number of halogens is 2. The van der Waals surface area contributed by atoms with Crippen LogP contribution in [-0.4, -0.2) is 6.04 Å². The summed E-state index contributed by atoms with van der Waals surface area (Å²) in [5.41, 5.74) is 7.53. The van der Waals surface area contributed by atoms with Gasteiger partial charge in [0, 0.05) is 16.1 Å². The van der Waals surface area contributed by atoms with Crippen LogP contribution < -0.4 is 5.73 Å². The molecule has 2 N–H and O–H groups in total. The van der Waals surface area contributed by atoms with Gasteiger partial charge in [-0.25, -0.2) is 4.39 Å². The minimum absolute atomic E-state index is 0.188. The molecule has 0 aromatic heterocycles. The average molecular weight is 256 g/mol. The highest BCUT2D eigenvalue weighted by Gasteiger charge is 2.18. The lowest BCUT2D eigenvalue weighted by Crippen LogP contribution is -2.29. The molecule has 1 nitrogen and oxygen atoms in total. The third kappa shape index (κ3) is 2.04. The summed E-state index contributed by atoms with van der Waals surface area (Å²) in [5.74, 6) is -0.188. The Bertz CT molecular complexity index is 379. The first-order chi connectivity index (χ1) is 6.65. The van der Waals surface area contributed by atoms with Crippen molar-refractivity contribution >= 4 is 22.0 Å². The second kappa shape index (κ2) is 3.83. The van der Waals surface area contributed by atoms with Gasteiger partial charge in [-0.15, -0.1) is 0 Å². The molecule has 0 bridgehead atoms. The topological polar surface area (TPSA) is 26.0 Å². The van der Waals surface area contributed by atoms with Gasteiger partial charge in [0.2, 0.25) is 0 Å². The molecular formula is C11H11BrFN. The lowest BCUT2D eigenvalue weighted by atomic mass is 9.86. The zero-order valence-corrected chi connectivity index (χ0v) is 9.22. The van der Waals surface area contributed by atoms with E-state index in [1.807, 2.05) is 12.1 Å². The highest BCUT2D eigenvalue weighted by atomic mass is 79.9. The maximum Gasteiger partial charge on any atom is 0.131 e. The van der Waals surface area contributed by atoms with Crippen LogP contribution in [0.25, 0.3) is 6.08 Å². The Morgan fingerprint density at radius 2 is 2.14 bits per heavy atom. The fraction of sp³-hybridized carbons (Fsp3) is 0.273. The van der Waals surface area contributed by atoms with Crippen molar-refractivity contribution in [2.45, 2.75) is 18.9 Å². The first kappa shape index (κ1) is 9.87. The number of hydrogen-bond acceptors (Lipinski definition) is 1. The highest BCUT2D eigenvalue weighted by Crippen LogP contribution is 2.28. The summed E-state index contributed by atoms with van der Waals surface area (Å²) in [6.45, 7) is 0. The zero-order chi connectivity index (χ0) is 10.1. The van der Waals surface area contributed by atoms with E-state index in [0.717, 1.165) is 17.3 Å². The molecule has 3 heteroatoms. The smallest absolute Gasteiger partial charge is 0.131 e. The van der Waals surface area contributed by atoms with Gasteiger partial charge in [0.05, 0.1) is 0 Å². The van der Waals surface area contributed by atoms with Gasteiger partial charge in [-0.05, 0) is 25.0 Å². The fourth-order valence-electron chi connectivity index (χ4n) is 1.57. The molecule has 1 fully saturated rings. The highest BCUT2D eigenvalue weighted by molar-refractivity contribution is 9.10. The molecule has 0 aliphatic heterocycles. The molecule has 14 heavy (non-hydrogen) atoms. The maximum absolute atomic E-state index is 13.4. The van der Waals surface area contributed by atoms with Crippen LogP contribution in [0.1, 0.15) is 18.4 Å². The van der Waals surface area contributed by atoms with E-state index in [4.69, 9.17) is 5.73 Å². The third-order valence-electron chi connectivity index (χ3n) is 2.37. The molecule has 0 saturated heterocycles. The predicted octanol–water partition coefficient (Wildman–Crippen LogP) is 3.09. The van der Waals surface area contributed by atoms with Crippen molar-refractivity contribution in [2.75, 3.05) is 0 Å². The van der Waals surface area contributed by atoms with Gasteiger partial charge in [-0.3, -0.25) is 0 Å². The summed E-state index contributed by atoms with van der Waals surface area (Å²) in [5, 5.41) is 0. The Hall–Kier alpha value is -0.670. The van der Waals surface area contributed by atoms with Gasteiger partial charge in [0.15, 0.2) is 0 Å². The molecule has 1 aliphatic carbocycles. The molecule has 2 rings (SSSR count). The van der Waals surface area contributed by atoms with E-state index in [1.165, 1.54) is 11.6 Å². The zero-order valence-electron chi connectivity index (χ0n) is 7.63. The van der Waals surface area contributed by atoms with Gasteiger partial charge in [-0.1, -0.05) is 33.6 Å². The lowest BCUT2D eigenvalue weighted by molar-refractivity contribution is 0.546. The van der Waals surface area contributed by atoms with E-state index in [0.29, 0.717) is 5.56 Å². The summed E-state index contributed by atoms with van der Waals surface area (Å²) in [7, 11) is 0. The van der Waals surface area contributed by atoms with Crippen LogP contribution in [0, 0.1) is 5.82 Å². The van der Waals surface area contributed by atoms with Crippen molar-refractivity contribution in [3.05, 3.63) is 39.6 Å². The van der Waals surface area contributed by atoms with E-state index in [9.17, 15) is 4.39 Å². The quantitative estimate of drug-likeness (QED) is 0.820.